The quantitative estimate of drug-likeness (QED) is 0.669. The average Bonchev–Trinajstić information content (AvgIpc) is 2.11. The average molecular weight is 202 g/mol. The van der Waals surface area contributed by atoms with E-state index in [-0.39, 0.29) is 18.1 Å². The Morgan fingerprint density at radius 2 is 1.79 bits per heavy atom. The molecule has 0 heterocycles. The van der Waals surface area contributed by atoms with Crippen molar-refractivity contribution in [1.29, 1.82) is 0 Å². The van der Waals surface area contributed by atoms with Crippen LogP contribution in [0.15, 0.2) is 0 Å². The second-order valence-electron chi connectivity index (χ2n) is 3.68. The van der Waals surface area contributed by atoms with Gasteiger partial charge in [0.15, 0.2) is 0 Å². The fourth-order valence-corrected chi connectivity index (χ4v) is 1.20. The zero-order chi connectivity index (χ0) is 11.3. The SMILES string of the molecule is COC(=O)C[C@H](C(=O)C(C)C)[C@H](C)O. The Kier molecular flexibility index (Phi) is 5.38. The van der Waals surface area contributed by atoms with Crippen molar-refractivity contribution in [3.05, 3.63) is 0 Å². The van der Waals surface area contributed by atoms with Crippen LogP contribution >= 0.6 is 0 Å². The summed E-state index contributed by atoms with van der Waals surface area (Å²) in [6, 6.07) is 0. The summed E-state index contributed by atoms with van der Waals surface area (Å²) in [6.45, 7) is 5.00. The minimum atomic E-state index is -0.816. The summed E-state index contributed by atoms with van der Waals surface area (Å²) in [5.74, 6) is -1.41. The number of hydrogen-bond donors (Lipinski definition) is 1. The van der Waals surface area contributed by atoms with Crippen molar-refractivity contribution < 1.29 is 19.4 Å². The molecule has 0 aromatic heterocycles. The number of hydrogen-bond acceptors (Lipinski definition) is 4. The van der Waals surface area contributed by atoms with Gasteiger partial charge in [-0.25, -0.2) is 0 Å². The van der Waals surface area contributed by atoms with E-state index >= 15 is 0 Å². The largest absolute Gasteiger partial charge is 0.469 e. The third-order valence-corrected chi connectivity index (χ3v) is 2.13. The number of carbonyl (C=O) groups is 2. The number of carbonyl (C=O) groups excluding carboxylic acids is 2. The number of methoxy groups -OCH3 is 1. The molecule has 0 aliphatic heterocycles. The van der Waals surface area contributed by atoms with Gasteiger partial charge in [0.25, 0.3) is 0 Å². The Bertz CT molecular complexity index is 208. The highest BCUT2D eigenvalue weighted by molar-refractivity contribution is 5.87. The molecule has 0 bridgehead atoms. The zero-order valence-corrected chi connectivity index (χ0v) is 9.11. The lowest BCUT2D eigenvalue weighted by atomic mass is 9.88. The van der Waals surface area contributed by atoms with E-state index in [2.05, 4.69) is 4.74 Å². The molecular formula is C10H18O4. The highest BCUT2D eigenvalue weighted by Crippen LogP contribution is 2.16. The highest BCUT2D eigenvalue weighted by atomic mass is 16.5. The van der Waals surface area contributed by atoms with Crippen LogP contribution in [0, 0.1) is 11.8 Å². The van der Waals surface area contributed by atoms with Gasteiger partial charge in [-0.3, -0.25) is 9.59 Å². The van der Waals surface area contributed by atoms with Gasteiger partial charge in [-0.05, 0) is 6.92 Å². The molecular weight excluding hydrogens is 184 g/mol. The van der Waals surface area contributed by atoms with Gasteiger partial charge in [0.1, 0.15) is 5.78 Å². The Labute approximate surface area is 84.3 Å². The van der Waals surface area contributed by atoms with E-state index in [4.69, 9.17) is 0 Å². The van der Waals surface area contributed by atoms with Crippen LogP contribution in [0.1, 0.15) is 27.2 Å². The molecule has 14 heavy (non-hydrogen) atoms. The molecule has 82 valence electrons. The van der Waals surface area contributed by atoms with Crippen molar-refractivity contribution in [3.63, 3.8) is 0 Å². The zero-order valence-electron chi connectivity index (χ0n) is 9.11. The predicted octanol–water partition coefficient (Wildman–Crippen LogP) is 0.772. The number of Topliss-reactive ketones (excluding diaryl/α,β-unsaturated/α-hetero) is 1. The van der Waals surface area contributed by atoms with Crippen LogP contribution in [-0.4, -0.2) is 30.1 Å². The van der Waals surface area contributed by atoms with Crippen LogP contribution in [0.3, 0.4) is 0 Å². The van der Waals surface area contributed by atoms with E-state index in [0.29, 0.717) is 0 Å². The Morgan fingerprint density at radius 3 is 2.07 bits per heavy atom. The molecule has 2 atom stereocenters. The second-order valence-corrected chi connectivity index (χ2v) is 3.68. The first-order valence-corrected chi connectivity index (χ1v) is 4.68. The van der Waals surface area contributed by atoms with Crippen molar-refractivity contribution in [2.24, 2.45) is 11.8 Å². The molecule has 0 aromatic carbocycles. The van der Waals surface area contributed by atoms with Crippen LogP contribution in [0.4, 0.5) is 0 Å². The highest BCUT2D eigenvalue weighted by Gasteiger charge is 2.28. The summed E-state index contributed by atoms with van der Waals surface area (Å²) < 4.78 is 4.46. The topological polar surface area (TPSA) is 63.6 Å². The van der Waals surface area contributed by atoms with Crippen molar-refractivity contribution >= 4 is 11.8 Å². The molecule has 0 aliphatic carbocycles. The summed E-state index contributed by atoms with van der Waals surface area (Å²) >= 11 is 0. The number of ether oxygens (including phenoxy) is 1. The molecule has 0 aliphatic rings. The smallest absolute Gasteiger partial charge is 0.306 e. The first kappa shape index (κ1) is 13.1. The fourth-order valence-electron chi connectivity index (χ4n) is 1.20. The van der Waals surface area contributed by atoms with Crippen LogP contribution in [0.25, 0.3) is 0 Å². The normalized spacial score (nSPS) is 15.0. The van der Waals surface area contributed by atoms with Crippen molar-refractivity contribution in [3.8, 4) is 0 Å². The molecule has 4 nitrogen and oxygen atoms in total. The molecule has 4 heteroatoms. The molecule has 0 saturated carbocycles. The van der Waals surface area contributed by atoms with E-state index < -0.39 is 18.0 Å². The van der Waals surface area contributed by atoms with E-state index in [1.165, 1.54) is 14.0 Å². The van der Waals surface area contributed by atoms with E-state index in [0.717, 1.165) is 0 Å². The standard InChI is InChI=1S/C10H18O4/c1-6(2)10(13)8(7(3)11)5-9(12)14-4/h6-8,11H,5H2,1-4H3/t7-,8-/m0/s1. The molecule has 0 rings (SSSR count). The molecule has 0 amide bonds. The van der Waals surface area contributed by atoms with Gasteiger partial charge in [0.05, 0.1) is 25.6 Å². The lowest BCUT2D eigenvalue weighted by molar-refractivity contribution is -0.146. The number of esters is 1. The number of rotatable bonds is 5. The van der Waals surface area contributed by atoms with Gasteiger partial charge in [-0.2, -0.15) is 0 Å². The molecule has 0 radical (unpaired) electrons. The minimum absolute atomic E-state index is 0.0504. The monoisotopic (exact) mass is 202 g/mol. The maximum Gasteiger partial charge on any atom is 0.306 e. The Hall–Kier alpha value is -0.900. The lowest BCUT2D eigenvalue weighted by Crippen LogP contribution is -2.31. The summed E-state index contributed by atoms with van der Waals surface area (Å²) in [6.07, 6.45) is -0.866. The van der Waals surface area contributed by atoms with Gasteiger partial charge in [0.2, 0.25) is 0 Å². The van der Waals surface area contributed by atoms with Gasteiger partial charge >= 0.3 is 5.97 Å². The number of ketones is 1. The molecule has 0 spiro atoms. The molecule has 0 saturated heterocycles. The van der Waals surface area contributed by atoms with Crippen molar-refractivity contribution in [1.82, 2.24) is 0 Å². The minimum Gasteiger partial charge on any atom is -0.469 e. The molecule has 1 N–H and O–H groups in total. The van der Waals surface area contributed by atoms with Crippen LogP contribution in [-0.2, 0) is 14.3 Å². The summed E-state index contributed by atoms with van der Waals surface area (Å²) in [7, 11) is 1.27. The maximum absolute atomic E-state index is 11.6. The van der Waals surface area contributed by atoms with E-state index in [9.17, 15) is 14.7 Å². The number of aliphatic hydroxyl groups excluding tert-OH is 1. The Balaban J connectivity index is 4.45. The Morgan fingerprint density at radius 1 is 1.29 bits per heavy atom. The van der Waals surface area contributed by atoms with Crippen LogP contribution in [0.2, 0.25) is 0 Å². The van der Waals surface area contributed by atoms with E-state index in [1.807, 2.05) is 0 Å². The summed E-state index contributed by atoms with van der Waals surface area (Å²) in [5, 5.41) is 9.35. The van der Waals surface area contributed by atoms with Crippen LogP contribution < -0.4 is 0 Å². The van der Waals surface area contributed by atoms with Crippen LogP contribution in [0.5, 0.6) is 0 Å². The first-order valence-electron chi connectivity index (χ1n) is 4.68. The fraction of sp³-hybridized carbons (Fsp3) is 0.800. The second kappa shape index (κ2) is 5.75. The predicted molar refractivity (Wildman–Crippen MR) is 51.6 cm³/mol. The van der Waals surface area contributed by atoms with Gasteiger partial charge in [-0.15, -0.1) is 0 Å². The summed E-state index contributed by atoms with van der Waals surface area (Å²) in [4.78, 5) is 22.5. The molecule has 0 fully saturated rings. The number of aliphatic hydroxyl groups is 1. The molecule has 0 unspecified atom stereocenters. The third-order valence-electron chi connectivity index (χ3n) is 2.13. The first-order chi connectivity index (χ1) is 6.40. The molecule has 0 aromatic rings. The van der Waals surface area contributed by atoms with Crippen molar-refractivity contribution in [2.75, 3.05) is 7.11 Å². The van der Waals surface area contributed by atoms with Gasteiger partial charge in [-0.1, -0.05) is 13.8 Å². The lowest BCUT2D eigenvalue weighted by Gasteiger charge is -2.19. The summed E-state index contributed by atoms with van der Waals surface area (Å²) in [5.41, 5.74) is 0. The maximum atomic E-state index is 11.6. The van der Waals surface area contributed by atoms with Crippen molar-refractivity contribution in [2.45, 2.75) is 33.3 Å². The van der Waals surface area contributed by atoms with Gasteiger partial charge in [0, 0.05) is 5.92 Å². The van der Waals surface area contributed by atoms with E-state index in [1.54, 1.807) is 13.8 Å². The third kappa shape index (κ3) is 3.87. The van der Waals surface area contributed by atoms with Gasteiger partial charge < -0.3 is 9.84 Å².